The van der Waals surface area contributed by atoms with Crippen LogP contribution in [0.3, 0.4) is 0 Å². The third-order valence-electron chi connectivity index (χ3n) is 3.52. The Morgan fingerprint density at radius 2 is 1.69 bits per heavy atom. The first-order chi connectivity index (χ1) is 7.48. The highest BCUT2D eigenvalue weighted by Gasteiger charge is 2.29. The first-order valence-electron chi connectivity index (χ1n) is 6.52. The molecule has 1 heterocycles. The monoisotopic (exact) mass is 229 g/mol. The summed E-state index contributed by atoms with van der Waals surface area (Å²) in [7, 11) is 0. The molecule has 0 saturated carbocycles. The highest BCUT2D eigenvalue weighted by Crippen LogP contribution is 2.19. The molecule has 1 unspecified atom stereocenters. The van der Waals surface area contributed by atoms with Crippen LogP contribution in [0.25, 0.3) is 0 Å². The normalized spacial score (nSPS) is 23.6. The number of nitrogens with one attached hydrogen (secondary N) is 1. The summed E-state index contributed by atoms with van der Waals surface area (Å²) in [4.78, 5) is 0. The molecule has 1 N–H and O–H groups in total. The molecule has 1 atom stereocenters. The fourth-order valence-corrected chi connectivity index (χ4v) is 2.29. The fourth-order valence-electron chi connectivity index (χ4n) is 2.29. The summed E-state index contributed by atoms with van der Waals surface area (Å²) >= 11 is 0. The van der Waals surface area contributed by atoms with Gasteiger partial charge in [-0.3, -0.25) is 0 Å². The average molecular weight is 229 g/mol. The molecule has 1 aliphatic heterocycles. The molecule has 1 fully saturated rings. The zero-order chi connectivity index (χ0) is 12.2. The maximum Gasteiger partial charge on any atom is 0.162 e. The van der Waals surface area contributed by atoms with Crippen molar-refractivity contribution >= 4 is 0 Å². The van der Waals surface area contributed by atoms with E-state index in [1.807, 2.05) is 13.8 Å². The van der Waals surface area contributed by atoms with Crippen molar-refractivity contribution in [3.8, 4) is 0 Å². The molecule has 96 valence electrons. The first-order valence-corrected chi connectivity index (χ1v) is 6.52. The van der Waals surface area contributed by atoms with Crippen molar-refractivity contribution in [2.45, 2.75) is 65.3 Å². The first kappa shape index (κ1) is 13.9. The van der Waals surface area contributed by atoms with E-state index in [9.17, 15) is 0 Å². The molecule has 0 aromatic rings. The number of ether oxygens (including phenoxy) is 2. The number of rotatable bonds is 5. The van der Waals surface area contributed by atoms with E-state index in [2.05, 4.69) is 26.1 Å². The largest absolute Gasteiger partial charge is 0.349 e. The Kier molecular flexibility index (Phi) is 5.22. The summed E-state index contributed by atoms with van der Waals surface area (Å²) in [5.41, 5.74) is 0. The van der Waals surface area contributed by atoms with Crippen LogP contribution in [0.4, 0.5) is 0 Å². The van der Waals surface area contributed by atoms with E-state index in [-0.39, 0.29) is 0 Å². The fraction of sp³-hybridized carbons (Fsp3) is 1.00. The molecular weight excluding hydrogens is 202 g/mol. The highest BCUT2D eigenvalue weighted by atomic mass is 16.7. The van der Waals surface area contributed by atoms with Crippen LogP contribution >= 0.6 is 0 Å². The van der Waals surface area contributed by atoms with E-state index in [0.29, 0.717) is 12.1 Å². The van der Waals surface area contributed by atoms with Crippen molar-refractivity contribution in [2.24, 2.45) is 5.92 Å². The zero-order valence-corrected chi connectivity index (χ0v) is 11.4. The smallest absolute Gasteiger partial charge is 0.162 e. The van der Waals surface area contributed by atoms with Crippen molar-refractivity contribution in [3.63, 3.8) is 0 Å². The van der Waals surface area contributed by atoms with Gasteiger partial charge in [0.2, 0.25) is 0 Å². The summed E-state index contributed by atoms with van der Waals surface area (Å²) in [6.45, 7) is 12.2. The molecule has 0 bridgehead atoms. The van der Waals surface area contributed by atoms with Crippen molar-refractivity contribution < 1.29 is 9.47 Å². The molecule has 0 aliphatic carbocycles. The van der Waals surface area contributed by atoms with E-state index in [1.54, 1.807) is 0 Å². The topological polar surface area (TPSA) is 30.5 Å². The van der Waals surface area contributed by atoms with Crippen molar-refractivity contribution in [1.82, 2.24) is 5.32 Å². The lowest BCUT2D eigenvalue weighted by atomic mass is 9.95. The summed E-state index contributed by atoms with van der Waals surface area (Å²) in [6.07, 6.45) is 2.45. The maximum atomic E-state index is 5.64. The molecule has 1 saturated heterocycles. The Morgan fingerprint density at radius 3 is 2.12 bits per heavy atom. The van der Waals surface area contributed by atoms with Crippen molar-refractivity contribution in [1.29, 1.82) is 0 Å². The van der Waals surface area contributed by atoms with Crippen molar-refractivity contribution in [3.05, 3.63) is 0 Å². The van der Waals surface area contributed by atoms with Gasteiger partial charge in [0.1, 0.15) is 0 Å². The van der Waals surface area contributed by atoms with Crippen LogP contribution in [0.15, 0.2) is 0 Å². The molecule has 1 rings (SSSR count). The molecule has 0 spiro atoms. The quantitative estimate of drug-likeness (QED) is 0.786. The van der Waals surface area contributed by atoms with Gasteiger partial charge in [0, 0.05) is 6.04 Å². The van der Waals surface area contributed by atoms with E-state index < -0.39 is 5.79 Å². The number of hydrogen-bond acceptors (Lipinski definition) is 3. The Bertz CT molecular complexity index is 192. The summed E-state index contributed by atoms with van der Waals surface area (Å²) in [6, 6.07) is 0.872. The van der Waals surface area contributed by atoms with Crippen LogP contribution < -0.4 is 5.32 Å². The lowest BCUT2D eigenvalue weighted by molar-refractivity contribution is -0.253. The third kappa shape index (κ3) is 4.04. The summed E-state index contributed by atoms with van der Waals surface area (Å²) in [5, 5.41) is 3.61. The SMILES string of the molecule is CCC(CC)C(C)NC1COC(C)(C)OC1. The van der Waals surface area contributed by atoms with Crippen LogP contribution in [-0.2, 0) is 9.47 Å². The van der Waals surface area contributed by atoms with Gasteiger partial charge >= 0.3 is 0 Å². The van der Waals surface area contributed by atoms with Crippen LogP contribution in [0.5, 0.6) is 0 Å². The molecule has 0 radical (unpaired) electrons. The van der Waals surface area contributed by atoms with Gasteiger partial charge in [-0.2, -0.15) is 0 Å². The maximum absolute atomic E-state index is 5.64. The van der Waals surface area contributed by atoms with Gasteiger partial charge in [-0.25, -0.2) is 0 Å². The summed E-state index contributed by atoms with van der Waals surface area (Å²) < 4.78 is 11.3. The summed E-state index contributed by atoms with van der Waals surface area (Å²) in [5.74, 6) is 0.339. The lowest BCUT2D eigenvalue weighted by Crippen LogP contribution is -2.52. The minimum atomic E-state index is -0.406. The van der Waals surface area contributed by atoms with Gasteiger partial charge < -0.3 is 14.8 Å². The number of hydrogen-bond donors (Lipinski definition) is 1. The van der Waals surface area contributed by atoms with E-state index in [4.69, 9.17) is 9.47 Å². The van der Waals surface area contributed by atoms with E-state index in [0.717, 1.165) is 19.1 Å². The predicted molar refractivity (Wildman–Crippen MR) is 66.4 cm³/mol. The average Bonchev–Trinajstić information content (AvgIpc) is 2.23. The molecule has 0 aromatic heterocycles. The Balaban J connectivity index is 2.33. The van der Waals surface area contributed by atoms with Crippen molar-refractivity contribution in [2.75, 3.05) is 13.2 Å². The van der Waals surface area contributed by atoms with E-state index in [1.165, 1.54) is 12.8 Å². The highest BCUT2D eigenvalue weighted by molar-refractivity contribution is 4.79. The standard InChI is InChI=1S/C13H27NO2/c1-6-11(7-2)10(3)14-12-8-15-13(4,5)16-9-12/h10-12,14H,6-9H2,1-5H3. The molecule has 0 aromatic carbocycles. The molecular formula is C13H27NO2. The lowest BCUT2D eigenvalue weighted by Gasteiger charge is -2.37. The van der Waals surface area contributed by atoms with E-state index >= 15 is 0 Å². The van der Waals surface area contributed by atoms with Gasteiger partial charge in [0.05, 0.1) is 19.3 Å². The van der Waals surface area contributed by atoms with Gasteiger partial charge in [-0.05, 0) is 26.7 Å². The van der Waals surface area contributed by atoms with Gasteiger partial charge in [-0.15, -0.1) is 0 Å². The Labute approximate surface area is 99.9 Å². The zero-order valence-electron chi connectivity index (χ0n) is 11.4. The van der Waals surface area contributed by atoms with Gasteiger partial charge in [0.25, 0.3) is 0 Å². The molecule has 3 nitrogen and oxygen atoms in total. The van der Waals surface area contributed by atoms with Crippen LogP contribution in [0.1, 0.15) is 47.5 Å². The second-order valence-corrected chi connectivity index (χ2v) is 5.25. The van der Waals surface area contributed by atoms with Crippen LogP contribution in [0.2, 0.25) is 0 Å². The van der Waals surface area contributed by atoms with Gasteiger partial charge in [0.15, 0.2) is 5.79 Å². The molecule has 3 heteroatoms. The second kappa shape index (κ2) is 5.99. The predicted octanol–water partition coefficient (Wildman–Crippen LogP) is 2.55. The Hall–Kier alpha value is -0.120. The molecule has 16 heavy (non-hydrogen) atoms. The molecule has 0 amide bonds. The van der Waals surface area contributed by atoms with Crippen LogP contribution in [-0.4, -0.2) is 31.1 Å². The molecule has 1 aliphatic rings. The second-order valence-electron chi connectivity index (χ2n) is 5.25. The van der Waals surface area contributed by atoms with Gasteiger partial charge in [-0.1, -0.05) is 26.7 Å². The third-order valence-corrected chi connectivity index (χ3v) is 3.52. The van der Waals surface area contributed by atoms with Crippen LogP contribution in [0, 0.1) is 5.92 Å². The minimum Gasteiger partial charge on any atom is -0.349 e. The minimum absolute atomic E-state index is 0.337. The Morgan fingerprint density at radius 1 is 1.19 bits per heavy atom.